The molecule has 0 radical (unpaired) electrons. The van der Waals surface area contributed by atoms with Crippen LogP contribution in [-0.2, 0) is 6.54 Å². The molecule has 0 saturated heterocycles. The average molecular weight is 448 g/mol. The minimum atomic E-state index is 0. The summed E-state index contributed by atoms with van der Waals surface area (Å²) in [6.07, 6.45) is 0. The van der Waals surface area contributed by atoms with Gasteiger partial charge in [-0.15, -0.1) is 24.0 Å². The van der Waals surface area contributed by atoms with E-state index >= 15 is 0 Å². The van der Waals surface area contributed by atoms with Crippen molar-refractivity contribution in [1.29, 1.82) is 5.26 Å². The van der Waals surface area contributed by atoms with E-state index in [1.54, 1.807) is 0 Å². The molecule has 0 aliphatic heterocycles. The monoisotopic (exact) mass is 448 g/mol. The zero-order valence-corrected chi connectivity index (χ0v) is 17.0. The van der Waals surface area contributed by atoms with Crippen LogP contribution in [0.2, 0.25) is 0 Å². The molecule has 0 amide bonds. The van der Waals surface area contributed by atoms with E-state index in [4.69, 9.17) is 5.26 Å². The molecular formula is C20H25IN4. The highest BCUT2D eigenvalue weighted by Crippen LogP contribution is 2.13. The van der Waals surface area contributed by atoms with Crippen molar-refractivity contribution in [2.45, 2.75) is 26.3 Å². The van der Waals surface area contributed by atoms with Crippen molar-refractivity contribution in [3.63, 3.8) is 0 Å². The van der Waals surface area contributed by atoms with Gasteiger partial charge in [0, 0.05) is 13.1 Å². The Balaban J connectivity index is 0.00000312. The molecule has 0 aliphatic carbocycles. The normalized spacial score (nSPS) is 11.8. The first-order chi connectivity index (χ1) is 11.7. The van der Waals surface area contributed by atoms with Crippen molar-refractivity contribution in [3.05, 3.63) is 71.3 Å². The molecule has 1 atom stereocenters. The van der Waals surface area contributed by atoms with E-state index in [1.807, 2.05) is 30.3 Å². The van der Waals surface area contributed by atoms with Gasteiger partial charge in [0.2, 0.25) is 0 Å². The first-order valence-corrected chi connectivity index (χ1v) is 8.29. The highest BCUT2D eigenvalue weighted by Gasteiger charge is 2.06. The summed E-state index contributed by atoms with van der Waals surface area (Å²) in [4.78, 5) is 4.62. The summed E-state index contributed by atoms with van der Waals surface area (Å²) in [5.41, 5.74) is 3.07. The van der Waals surface area contributed by atoms with Crippen LogP contribution in [0.15, 0.2) is 59.6 Å². The van der Waals surface area contributed by atoms with Gasteiger partial charge in [-0.25, -0.2) is 4.99 Å². The van der Waals surface area contributed by atoms with Gasteiger partial charge >= 0.3 is 0 Å². The van der Waals surface area contributed by atoms with Gasteiger partial charge in [-0.3, -0.25) is 0 Å². The molecule has 0 fully saturated rings. The second-order valence-corrected chi connectivity index (χ2v) is 5.70. The Bertz CT molecular complexity index is 690. The lowest BCUT2D eigenvalue weighted by atomic mass is 10.0. The second kappa shape index (κ2) is 11.5. The molecule has 0 heterocycles. The molecule has 2 N–H and O–H groups in total. The first kappa shape index (κ1) is 21.0. The summed E-state index contributed by atoms with van der Waals surface area (Å²) in [6, 6.07) is 20.1. The van der Waals surface area contributed by atoms with Crippen LogP contribution >= 0.6 is 24.0 Å². The summed E-state index contributed by atoms with van der Waals surface area (Å²) in [7, 11) is 0. The van der Waals surface area contributed by atoms with Gasteiger partial charge in [0.05, 0.1) is 18.2 Å². The molecule has 2 aromatic carbocycles. The van der Waals surface area contributed by atoms with Crippen LogP contribution in [0.3, 0.4) is 0 Å². The van der Waals surface area contributed by atoms with E-state index in [0.717, 1.165) is 24.6 Å². The number of guanidine groups is 1. The zero-order chi connectivity index (χ0) is 17.2. The molecular weight excluding hydrogens is 423 g/mol. The molecule has 0 aromatic heterocycles. The lowest BCUT2D eigenvalue weighted by Crippen LogP contribution is -2.39. The maximum absolute atomic E-state index is 8.83. The highest BCUT2D eigenvalue weighted by atomic mass is 127. The number of nitrogens with one attached hydrogen (secondary N) is 2. The Kier molecular flexibility index (Phi) is 9.63. The molecule has 0 bridgehead atoms. The fourth-order valence-electron chi connectivity index (χ4n) is 2.35. The minimum absolute atomic E-state index is 0. The van der Waals surface area contributed by atoms with Crippen LogP contribution in [0.5, 0.6) is 0 Å². The van der Waals surface area contributed by atoms with Gasteiger partial charge in [0.1, 0.15) is 0 Å². The molecule has 0 spiro atoms. The molecule has 0 aliphatic rings. The van der Waals surface area contributed by atoms with Crippen LogP contribution < -0.4 is 10.6 Å². The molecule has 2 rings (SSSR count). The van der Waals surface area contributed by atoms with Crippen LogP contribution in [0, 0.1) is 11.3 Å². The van der Waals surface area contributed by atoms with Gasteiger partial charge in [-0.05, 0) is 36.1 Å². The van der Waals surface area contributed by atoms with Crippen molar-refractivity contribution in [3.8, 4) is 6.07 Å². The number of nitriles is 1. The molecule has 5 heteroatoms. The van der Waals surface area contributed by atoms with E-state index in [9.17, 15) is 0 Å². The number of halogens is 1. The van der Waals surface area contributed by atoms with Crippen molar-refractivity contribution in [1.82, 2.24) is 10.6 Å². The van der Waals surface area contributed by atoms with E-state index in [1.165, 1.54) is 5.56 Å². The SMILES string of the molecule is CCNC(=NCc1ccc(C#N)cc1)NCC(C)c1ccccc1.I. The summed E-state index contributed by atoms with van der Waals surface area (Å²) >= 11 is 0. The Morgan fingerprint density at radius 3 is 2.36 bits per heavy atom. The third kappa shape index (κ3) is 7.14. The third-order valence-corrected chi connectivity index (χ3v) is 3.79. The van der Waals surface area contributed by atoms with Crippen LogP contribution in [0.4, 0.5) is 0 Å². The smallest absolute Gasteiger partial charge is 0.191 e. The Morgan fingerprint density at radius 1 is 1.08 bits per heavy atom. The maximum atomic E-state index is 8.83. The van der Waals surface area contributed by atoms with Gasteiger partial charge in [-0.2, -0.15) is 5.26 Å². The summed E-state index contributed by atoms with van der Waals surface area (Å²) in [5.74, 6) is 1.22. The molecule has 1 unspecified atom stereocenters. The van der Waals surface area contributed by atoms with Gasteiger partial charge in [0.25, 0.3) is 0 Å². The van der Waals surface area contributed by atoms with Gasteiger partial charge < -0.3 is 10.6 Å². The van der Waals surface area contributed by atoms with E-state index in [0.29, 0.717) is 18.0 Å². The van der Waals surface area contributed by atoms with Crippen LogP contribution in [0.1, 0.15) is 36.5 Å². The first-order valence-electron chi connectivity index (χ1n) is 8.29. The number of nitrogens with zero attached hydrogens (tertiary/aromatic N) is 2. The van der Waals surface area contributed by atoms with Gasteiger partial charge in [0.15, 0.2) is 5.96 Å². The second-order valence-electron chi connectivity index (χ2n) is 5.70. The quantitative estimate of drug-likeness (QED) is 0.399. The predicted molar refractivity (Wildman–Crippen MR) is 114 cm³/mol. The van der Waals surface area contributed by atoms with Crippen molar-refractivity contribution < 1.29 is 0 Å². The van der Waals surface area contributed by atoms with Crippen LogP contribution in [0.25, 0.3) is 0 Å². The number of hydrogen-bond acceptors (Lipinski definition) is 2. The van der Waals surface area contributed by atoms with Gasteiger partial charge in [-0.1, -0.05) is 49.4 Å². The van der Waals surface area contributed by atoms with Crippen molar-refractivity contribution in [2.24, 2.45) is 4.99 Å². The fourth-order valence-corrected chi connectivity index (χ4v) is 2.35. The number of aliphatic imine (C=N–C) groups is 1. The standard InChI is InChI=1S/C20H24N4.HI/c1-3-22-20(23-14-16(2)19-7-5-4-6-8-19)24-15-18-11-9-17(13-21)10-12-18;/h4-12,16H,3,14-15H2,1-2H3,(H2,22,23,24);1H. The lowest BCUT2D eigenvalue weighted by Gasteiger charge is -2.16. The third-order valence-electron chi connectivity index (χ3n) is 3.79. The zero-order valence-electron chi connectivity index (χ0n) is 14.7. The minimum Gasteiger partial charge on any atom is -0.357 e. The van der Waals surface area contributed by atoms with E-state index in [2.05, 4.69) is 59.8 Å². The molecule has 25 heavy (non-hydrogen) atoms. The number of rotatable bonds is 6. The molecule has 2 aromatic rings. The predicted octanol–water partition coefficient (Wildman–Crippen LogP) is 4.04. The van der Waals surface area contributed by atoms with E-state index < -0.39 is 0 Å². The van der Waals surface area contributed by atoms with E-state index in [-0.39, 0.29) is 24.0 Å². The van der Waals surface area contributed by atoms with Crippen LogP contribution in [-0.4, -0.2) is 19.0 Å². The lowest BCUT2D eigenvalue weighted by molar-refractivity contribution is 0.699. The summed E-state index contributed by atoms with van der Waals surface area (Å²) < 4.78 is 0. The maximum Gasteiger partial charge on any atom is 0.191 e. The van der Waals surface area contributed by atoms with Crippen molar-refractivity contribution in [2.75, 3.05) is 13.1 Å². The largest absolute Gasteiger partial charge is 0.357 e. The topological polar surface area (TPSA) is 60.2 Å². The Hall–Kier alpha value is -2.07. The molecule has 0 saturated carbocycles. The molecule has 4 nitrogen and oxygen atoms in total. The highest BCUT2D eigenvalue weighted by molar-refractivity contribution is 14.0. The fraction of sp³-hybridized carbons (Fsp3) is 0.300. The summed E-state index contributed by atoms with van der Waals surface area (Å²) in [5, 5.41) is 15.5. The molecule has 132 valence electrons. The summed E-state index contributed by atoms with van der Waals surface area (Å²) in [6.45, 7) is 6.48. The number of benzene rings is 2. The Morgan fingerprint density at radius 2 is 1.76 bits per heavy atom. The average Bonchev–Trinajstić information content (AvgIpc) is 2.65. The number of hydrogen-bond donors (Lipinski definition) is 2. The van der Waals surface area contributed by atoms with Crippen molar-refractivity contribution >= 4 is 29.9 Å². The Labute approximate surface area is 167 Å².